The Balaban J connectivity index is -0.000000191. The average molecular weight is 1440 g/mol. The van der Waals surface area contributed by atoms with Crippen LogP contribution in [-0.2, 0) is 65.1 Å². The number of hydrogen-bond acceptors (Lipinski definition) is 14. The van der Waals surface area contributed by atoms with Crippen molar-refractivity contribution in [3.63, 3.8) is 0 Å². The molecule has 0 heterocycles. The molecule has 0 fully saturated rings. The summed E-state index contributed by atoms with van der Waals surface area (Å²) in [6.07, 6.45) is 54.7. The summed E-state index contributed by atoms with van der Waals surface area (Å²) in [5.41, 5.74) is 0. The van der Waals surface area contributed by atoms with Gasteiger partial charge in [-0.15, -0.1) is 0 Å². The van der Waals surface area contributed by atoms with E-state index in [1.165, 1.54) is 230 Å². The predicted molar refractivity (Wildman–Crippen MR) is 399 cm³/mol. The molecular weight excluding hydrogens is 1290 g/mol. The number of rotatable bonds is 55. The first-order chi connectivity index (χ1) is 45.3. The molecule has 0 rings (SSSR count). The van der Waals surface area contributed by atoms with Gasteiger partial charge in [0.1, 0.15) is 0 Å². The molecule has 94 heavy (non-hydrogen) atoms. The topological polar surface area (TPSA) is 184 Å². The molecule has 0 atom stereocenters. The third kappa shape index (κ3) is 93.7. The van der Waals surface area contributed by atoms with Gasteiger partial charge in [-0.2, -0.15) is 0 Å². The van der Waals surface area contributed by atoms with Crippen molar-refractivity contribution in [2.75, 3.05) is 33.0 Å². The molecule has 0 aliphatic rings. The van der Waals surface area contributed by atoms with E-state index in [0.717, 1.165) is 63.5 Å². The summed E-state index contributed by atoms with van der Waals surface area (Å²) in [5.74, 6) is -1.61. The zero-order valence-electron chi connectivity index (χ0n) is 62.7. The fourth-order valence-electron chi connectivity index (χ4n) is 8.72. The summed E-state index contributed by atoms with van der Waals surface area (Å²) in [6, 6.07) is 0. The van der Waals surface area contributed by atoms with E-state index in [4.69, 9.17) is 22.0 Å². The Bertz CT molecular complexity index is 1770. The predicted octanol–water partition coefficient (Wildman–Crippen LogP) is 22.6. The molecule has 0 spiro atoms. The van der Waals surface area contributed by atoms with Crippen molar-refractivity contribution in [3.05, 3.63) is 88.6 Å². The third-order valence-electron chi connectivity index (χ3n) is 14.6. The van der Waals surface area contributed by atoms with Crippen LogP contribution in [0.2, 0.25) is 13.3 Å². The fraction of sp³-hybridized carbons (Fsp3) is 0.734. The van der Waals surface area contributed by atoms with Crippen LogP contribution in [0.4, 0.5) is 0 Å². The second-order valence-electron chi connectivity index (χ2n) is 23.7. The first-order valence-corrected chi connectivity index (χ1v) is 44.1. The van der Waals surface area contributed by atoms with Gasteiger partial charge >= 0.3 is 154 Å². The summed E-state index contributed by atoms with van der Waals surface area (Å²) in [4.78, 5) is 74.9. The van der Waals surface area contributed by atoms with Crippen molar-refractivity contribution in [2.24, 2.45) is 5.92 Å². The molecule has 0 bridgehead atoms. The molecule has 0 radical (unpaired) electrons. The SMILES string of the molecule is C=CC(=O)OC(C)C.C=CC(=O)OCC(CC)CC.C=CC(=O)OCCC.C=CC(=O)OCCCCCCCCCC.C=CC(=O)OCCCCCCCCCCC.C=CC(=O)OCCCCCCCCCCCCC.C=CC(=O)[O][Sn]([CH2]CCC)([CH2]CCC)[CH2]CCC. The van der Waals surface area contributed by atoms with Gasteiger partial charge in [0, 0.05) is 36.5 Å². The molecular formula is C79H146O14Sn. The van der Waals surface area contributed by atoms with Gasteiger partial charge in [0.2, 0.25) is 0 Å². The molecule has 0 aromatic carbocycles. The summed E-state index contributed by atoms with van der Waals surface area (Å²) < 4.78 is 38.3. The molecule has 0 unspecified atom stereocenters. The molecule has 0 aromatic heterocycles. The molecule has 0 N–H and O–H groups in total. The van der Waals surface area contributed by atoms with Crippen LogP contribution in [0.1, 0.15) is 314 Å². The number of carbonyl (C=O) groups is 7. The number of ether oxygens (including phenoxy) is 6. The van der Waals surface area contributed by atoms with Crippen LogP contribution in [0.25, 0.3) is 0 Å². The van der Waals surface area contributed by atoms with Gasteiger partial charge in [-0.25, -0.2) is 28.8 Å². The maximum absolute atomic E-state index is 11.6. The van der Waals surface area contributed by atoms with Crippen molar-refractivity contribution in [3.8, 4) is 0 Å². The van der Waals surface area contributed by atoms with Crippen LogP contribution < -0.4 is 0 Å². The van der Waals surface area contributed by atoms with E-state index >= 15 is 0 Å². The van der Waals surface area contributed by atoms with Gasteiger partial charge in [0.15, 0.2) is 0 Å². The van der Waals surface area contributed by atoms with Crippen LogP contribution in [0.3, 0.4) is 0 Å². The first-order valence-electron chi connectivity index (χ1n) is 36.9. The fourth-order valence-corrected chi connectivity index (χ4v) is 21.7. The van der Waals surface area contributed by atoms with Gasteiger partial charge in [-0.3, -0.25) is 0 Å². The zero-order valence-corrected chi connectivity index (χ0v) is 65.5. The summed E-state index contributed by atoms with van der Waals surface area (Å²) in [5, 5.41) is 0. The van der Waals surface area contributed by atoms with E-state index in [0.29, 0.717) is 39.0 Å². The van der Waals surface area contributed by atoms with Crippen molar-refractivity contribution in [2.45, 2.75) is 333 Å². The van der Waals surface area contributed by atoms with Crippen molar-refractivity contribution in [1.82, 2.24) is 0 Å². The van der Waals surface area contributed by atoms with Gasteiger partial charge in [-0.1, -0.05) is 254 Å². The molecule has 0 saturated carbocycles. The molecule has 14 nitrogen and oxygen atoms in total. The van der Waals surface area contributed by atoms with E-state index in [1.807, 2.05) is 6.92 Å². The quantitative estimate of drug-likeness (QED) is 0.0184. The van der Waals surface area contributed by atoms with Crippen LogP contribution in [0, 0.1) is 5.92 Å². The average Bonchev–Trinajstić information content (AvgIpc) is 0.985. The molecule has 0 aromatic rings. The molecule has 0 aliphatic heterocycles. The maximum atomic E-state index is 11.6. The van der Waals surface area contributed by atoms with Crippen LogP contribution >= 0.6 is 0 Å². The monoisotopic (exact) mass is 1440 g/mol. The minimum absolute atomic E-state index is 0.0412. The molecule has 15 heteroatoms. The molecule has 0 amide bonds. The van der Waals surface area contributed by atoms with E-state index in [1.54, 1.807) is 13.8 Å². The van der Waals surface area contributed by atoms with Crippen molar-refractivity contribution < 1.29 is 65.1 Å². The molecule has 0 saturated heterocycles. The van der Waals surface area contributed by atoms with Crippen molar-refractivity contribution >= 4 is 60.6 Å². The molecule has 550 valence electrons. The Morgan fingerprint density at radius 3 is 0.734 bits per heavy atom. The van der Waals surface area contributed by atoms with E-state index < -0.39 is 18.8 Å². The number of hydrogen-bond donors (Lipinski definition) is 0. The number of carbonyl (C=O) groups excluding carboxylic acids is 7. The number of esters is 6. The normalized spacial score (nSPS) is 10.0. The zero-order chi connectivity index (χ0) is 72.4. The van der Waals surface area contributed by atoms with E-state index in [9.17, 15) is 33.6 Å². The van der Waals surface area contributed by atoms with E-state index in [-0.39, 0.29) is 47.9 Å². The van der Waals surface area contributed by atoms with Crippen molar-refractivity contribution in [1.29, 1.82) is 0 Å². The standard InChI is InChI=1S/C16H30O2.C14H26O2.C13H24O2.C9H16O2.2C6H10O2.3C4H9.C3H4O2.Sn/c1-3-5-6-7-8-9-10-11-12-13-14-15-18-16(17)4-2;1-3-5-6-7-8-9-10-11-12-13-16-14(15)4-2;1-3-5-6-7-8-9-10-11-12-15-13(14)4-2;1-4-8(5-2)7-11-9(10)6-3;1-4-6(7)8-5(2)3;1-3-5-8-6(7)4-2;3*1-3-4-2;1-2-3(4)5;/h4H,2-3,5-15H2,1H3;4H,2-3,5-13H2,1H3;4H,2-3,5-12H2,1H3;6,8H,3-5,7H2,1-2H3;4-5H,1H2,2-3H3;4H,2-3,5H2,1H3;3*1,3-4H2,2H3;2H,1H2,(H,4,5);/q;;;;;;;;;;+1/p-1. The second kappa shape index (κ2) is 88.3. The van der Waals surface area contributed by atoms with Crippen LogP contribution in [0.15, 0.2) is 88.6 Å². The first kappa shape index (κ1) is 103. The van der Waals surface area contributed by atoms with Gasteiger partial charge < -0.3 is 28.4 Å². The molecule has 0 aliphatic carbocycles. The summed E-state index contributed by atoms with van der Waals surface area (Å²) in [6.45, 7) is 49.1. The van der Waals surface area contributed by atoms with Crippen LogP contribution in [0.5, 0.6) is 0 Å². The van der Waals surface area contributed by atoms with Gasteiger partial charge in [-0.05, 0) is 45.4 Å². The van der Waals surface area contributed by atoms with Crippen LogP contribution in [-0.4, -0.2) is 99.7 Å². The minimum atomic E-state index is -2.69. The second-order valence-corrected chi connectivity index (χ2v) is 35.3. The van der Waals surface area contributed by atoms with Gasteiger partial charge in [0.25, 0.3) is 0 Å². The Morgan fingerprint density at radius 1 is 0.287 bits per heavy atom. The Hall–Kier alpha value is -4.73. The van der Waals surface area contributed by atoms with Gasteiger partial charge in [0.05, 0.1) is 39.1 Å². The number of unbranched alkanes of at least 4 members (excludes halogenated alkanes) is 28. The Morgan fingerprint density at radius 2 is 0.521 bits per heavy atom. The Labute approximate surface area is 583 Å². The summed E-state index contributed by atoms with van der Waals surface area (Å²) >= 11 is -2.69. The van der Waals surface area contributed by atoms with E-state index in [2.05, 4.69) is 111 Å². The summed E-state index contributed by atoms with van der Waals surface area (Å²) in [7, 11) is 0. The third-order valence-corrected chi connectivity index (χ3v) is 27.2. The Kier molecular flexibility index (Phi) is 96.5.